The maximum absolute atomic E-state index is 14.7. The van der Waals surface area contributed by atoms with Crippen LogP contribution in [0.25, 0.3) is 0 Å². The van der Waals surface area contributed by atoms with Gasteiger partial charge in [0.15, 0.2) is 11.6 Å². The number of halogens is 2. The first-order chi connectivity index (χ1) is 12.5. The van der Waals surface area contributed by atoms with Crippen LogP contribution in [0.1, 0.15) is 88.7 Å². The lowest BCUT2D eigenvalue weighted by molar-refractivity contribution is 0.163. The highest BCUT2D eigenvalue weighted by atomic mass is 19.2. The molecule has 0 saturated heterocycles. The van der Waals surface area contributed by atoms with Crippen molar-refractivity contribution in [1.29, 1.82) is 0 Å². The molecule has 1 unspecified atom stereocenters. The molecule has 1 aromatic rings. The molecule has 1 atom stereocenters. The minimum absolute atomic E-state index is 0.0316. The zero-order chi connectivity index (χ0) is 18.3. The van der Waals surface area contributed by atoms with Gasteiger partial charge in [-0.25, -0.2) is 4.39 Å². The number of fused-ring (bicyclic) bond motifs is 1. The lowest BCUT2D eigenvalue weighted by atomic mass is 9.68. The van der Waals surface area contributed by atoms with E-state index < -0.39 is 11.6 Å². The van der Waals surface area contributed by atoms with E-state index in [4.69, 9.17) is 4.74 Å². The third kappa shape index (κ3) is 3.51. The van der Waals surface area contributed by atoms with Crippen molar-refractivity contribution >= 4 is 0 Å². The van der Waals surface area contributed by atoms with Crippen molar-refractivity contribution in [3.8, 4) is 5.75 Å². The molecule has 3 heteroatoms. The first-order valence-corrected chi connectivity index (χ1v) is 10.7. The van der Waals surface area contributed by atoms with E-state index in [1.54, 1.807) is 0 Å². The standard InChI is InChI=1S/C23H32F2O/c1-14-3-6-16(7-4-14)17-9-11-18(12-10-17)20-13-19-8-5-15(2)26-23(19)22(25)21(20)24/h13-18H,3-12H2,1-2H3. The number of rotatable bonds is 2. The molecule has 4 rings (SSSR count). The molecule has 3 aliphatic rings. The van der Waals surface area contributed by atoms with Gasteiger partial charge in [0.25, 0.3) is 0 Å². The molecule has 0 aromatic heterocycles. The number of ether oxygens (including phenoxy) is 1. The lowest BCUT2D eigenvalue weighted by Gasteiger charge is -2.37. The van der Waals surface area contributed by atoms with Gasteiger partial charge in [-0.05, 0) is 99.2 Å². The minimum atomic E-state index is -0.757. The molecule has 26 heavy (non-hydrogen) atoms. The fourth-order valence-electron chi connectivity index (χ4n) is 5.57. The van der Waals surface area contributed by atoms with Crippen molar-refractivity contribution in [3.63, 3.8) is 0 Å². The zero-order valence-corrected chi connectivity index (χ0v) is 16.2. The molecule has 1 nitrogen and oxygen atoms in total. The van der Waals surface area contributed by atoms with Gasteiger partial charge in [-0.15, -0.1) is 0 Å². The van der Waals surface area contributed by atoms with Crippen LogP contribution in [0.5, 0.6) is 5.75 Å². The quantitative estimate of drug-likeness (QED) is 0.563. The number of aryl methyl sites for hydroxylation is 1. The molecule has 2 aliphatic carbocycles. The van der Waals surface area contributed by atoms with Gasteiger partial charge in [-0.1, -0.05) is 19.8 Å². The Morgan fingerprint density at radius 2 is 1.42 bits per heavy atom. The molecule has 2 saturated carbocycles. The number of hydrogen-bond acceptors (Lipinski definition) is 1. The summed E-state index contributed by atoms with van der Waals surface area (Å²) in [5, 5.41) is 0. The summed E-state index contributed by atoms with van der Waals surface area (Å²) in [6, 6.07) is 1.91. The molecule has 1 aromatic carbocycles. The summed E-state index contributed by atoms with van der Waals surface area (Å²) in [5.41, 5.74) is 1.47. The van der Waals surface area contributed by atoms with Crippen molar-refractivity contribution in [2.24, 2.45) is 17.8 Å². The second kappa shape index (κ2) is 7.48. The summed E-state index contributed by atoms with van der Waals surface area (Å²) >= 11 is 0. The molecule has 0 bridgehead atoms. The zero-order valence-electron chi connectivity index (χ0n) is 16.2. The largest absolute Gasteiger partial charge is 0.487 e. The second-order valence-corrected chi connectivity index (χ2v) is 9.18. The van der Waals surface area contributed by atoms with Crippen molar-refractivity contribution in [1.82, 2.24) is 0 Å². The summed E-state index contributed by atoms with van der Waals surface area (Å²) in [5.74, 6) is 1.48. The molecule has 0 N–H and O–H groups in total. The van der Waals surface area contributed by atoms with E-state index >= 15 is 0 Å². The van der Waals surface area contributed by atoms with Crippen LogP contribution in [-0.2, 0) is 6.42 Å². The molecular weight excluding hydrogens is 330 g/mol. The maximum atomic E-state index is 14.7. The summed E-state index contributed by atoms with van der Waals surface area (Å²) in [4.78, 5) is 0. The molecule has 144 valence electrons. The van der Waals surface area contributed by atoms with E-state index in [2.05, 4.69) is 6.92 Å². The Morgan fingerprint density at radius 1 is 0.808 bits per heavy atom. The van der Waals surface area contributed by atoms with Crippen LogP contribution in [0.3, 0.4) is 0 Å². The highest BCUT2D eigenvalue weighted by Crippen LogP contribution is 2.45. The molecule has 1 aliphatic heterocycles. The summed E-state index contributed by atoms with van der Waals surface area (Å²) in [6.07, 6.45) is 11.5. The van der Waals surface area contributed by atoms with Crippen molar-refractivity contribution in [2.75, 3.05) is 0 Å². The Bertz CT molecular complexity index is 640. The van der Waals surface area contributed by atoms with Crippen LogP contribution in [-0.4, -0.2) is 6.10 Å². The molecule has 1 heterocycles. The monoisotopic (exact) mass is 362 g/mol. The Balaban J connectivity index is 1.45. The summed E-state index contributed by atoms with van der Waals surface area (Å²) < 4.78 is 34.9. The van der Waals surface area contributed by atoms with Gasteiger partial charge in [-0.3, -0.25) is 0 Å². The van der Waals surface area contributed by atoms with Crippen molar-refractivity contribution < 1.29 is 13.5 Å². The van der Waals surface area contributed by atoms with E-state index in [1.165, 1.54) is 38.5 Å². The fourth-order valence-corrected chi connectivity index (χ4v) is 5.57. The van der Waals surface area contributed by atoms with E-state index in [0.29, 0.717) is 5.56 Å². The van der Waals surface area contributed by atoms with Crippen LogP contribution in [0.15, 0.2) is 6.07 Å². The molecule has 2 fully saturated rings. The van der Waals surface area contributed by atoms with Gasteiger partial charge < -0.3 is 4.74 Å². The van der Waals surface area contributed by atoms with Crippen LogP contribution >= 0.6 is 0 Å². The first-order valence-electron chi connectivity index (χ1n) is 10.7. The minimum Gasteiger partial charge on any atom is -0.487 e. The second-order valence-electron chi connectivity index (χ2n) is 9.18. The molecule has 0 spiro atoms. The summed E-state index contributed by atoms with van der Waals surface area (Å²) in [6.45, 7) is 4.28. The predicted octanol–water partition coefficient (Wildman–Crippen LogP) is 6.78. The normalized spacial score (nSPS) is 34.8. The average Bonchev–Trinajstić information content (AvgIpc) is 2.66. The van der Waals surface area contributed by atoms with Crippen LogP contribution in [0.2, 0.25) is 0 Å². The van der Waals surface area contributed by atoms with E-state index in [9.17, 15) is 8.78 Å². The predicted molar refractivity (Wildman–Crippen MR) is 101 cm³/mol. The Kier molecular flexibility index (Phi) is 5.25. The van der Waals surface area contributed by atoms with E-state index in [-0.39, 0.29) is 17.8 Å². The summed E-state index contributed by atoms with van der Waals surface area (Å²) in [7, 11) is 0. The van der Waals surface area contributed by atoms with Crippen LogP contribution in [0.4, 0.5) is 8.78 Å². The van der Waals surface area contributed by atoms with Gasteiger partial charge in [-0.2, -0.15) is 4.39 Å². The third-order valence-corrected chi connectivity index (χ3v) is 7.34. The highest BCUT2D eigenvalue weighted by molar-refractivity contribution is 5.42. The molecule has 0 radical (unpaired) electrons. The van der Waals surface area contributed by atoms with Gasteiger partial charge in [0.1, 0.15) is 0 Å². The number of benzene rings is 1. The van der Waals surface area contributed by atoms with Crippen LogP contribution in [0, 0.1) is 29.4 Å². The van der Waals surface area contributed by atoms with Gasteiger partial charge in [0, 0.05) is 0 Å². The highest BCUT2D eigenvalue weighted by Gasteiger charge is 2.33. The Morgan fingerprint density at radius 3 is 2.08 bits per heavy atom. The smallest absolute Gasteiger partial charge is 0.201 e. The van der Waals surface area contributed by atoms with Gasteiger partial charge >= 0.3 is 0 Å². The van der Waals surface area contributed by atoms with E-state index in [1.807, 2.05) is 13.0 Å². The van der Waals surface area contributed by atoms with Crippen molar-refractivity contribution in [2.45, 2.75) is 90.1 Å². The fraction of sp³-hybridized carbons (Fsp3) is 0.739. The number of hydrogen-bond donors (Lipinski definition) is 0. The van der Waals surface area contributed by atoms with E-state index in [0.717, 1.165) is 49.0 Å². The van der Waals surface area contributed by atoms with Crippen LogP contribution < -0.4 is 4.74 Å². The Hall–Kier alpha value is -1.12. The van der Waals surface area contributed by atoms with Gasteiger partial charge in [0.05, 0.1) is 6.10 Å². The Labute approximate surface area is 156 Å². The van der Waals surface area contributed by atoms with Crippen molar-refractivity contribution in [3.05, 3.63) is 28.8 Å². The molecular formula is C23H32F2O. The van der Waals surface area contributed by atoms with Gasteiger partial charge in [0.2, 0.25) is 5.82 Å². The topological polar surface area (TPSA) is 9.23 Å². The third-order valence-electron chi connectivity index (χ3n) is 7.34. The SMILES string of the molecule is CC1CCC(C2CCC(c3cc4c(c(F)c3F)OC(C)CC4)CC2)CC1. The lowest BCUT2D eigenvalue weighted by Crippen LogP contribution is -2.25. The average molecular weight is 363 g/mol. The molecule has 0 amide bonds. The maximum Gasteiger partial charge on any atom is 0.201 e. The first kappa shape index (κ1) is 18.3.